The average Bonchev–Trinajstić information content (AvgIpc) is 2.81. The van der Waals surface area contributed by atoms with Crippen LogP contribution in [-0.4, -0.2) is 20.2 Å². The summed E-state index contributed by atoms with van der Waals surface area (Å²) in [6.45, 7) is 6.95. The molecule has 2 unspecified atom stereocenters. The monoisotopic (exact) mass is 526 g/mol. The molecule has 182 valence electrons. The molecule has 4 nitrogen and oxygen atoms in total. The number of esters is 1. The zero-order valence-corrected chi connectivity index (χ0v) is 22.4. The van der Waals surface area contributed by atoms with Crippen molar-refractivity contribution in [3.05, 3.63) is 63.1 Å². The van der Waals surface area contributed by atoms with E-state index in [4.69, 9.17) is 20.6 Å². The fourth-order valence-electron chi connectivity index (χ4n) is 4.99. The molecule has 0 aliphatic heterocycles. The lowest BCUT2D eigenvalue weighted by atomic mass is 9.74. The average molecular weight is 527 g/mol. The fourth-order valence-corrected chi connectivity index (χ4v) is 5.44. The van der Waals surface area contributed by atoms with Crippen LogP contribution < -0.4 is 4.74 Å². The molecule has 1 aliphatic rings. The molecule has 0 saturated heterocycles. The lowest BCUT2D eigenvalue weighted by molar-refractivity contribution is -0.146. The van der Waals surface area contributed by atoms with Gasteiger partial charge in [0, 0.05) is 18.0 Å². The number of hydrogen-bond donors (Lipinski definition) is 0. The SMILES string of the molecule is C#CCC(C(=O)OC)C1CCCc2ccc(OCc3ccc(Br)c([C@H](OC)C(C)(C)C)c3)cc21. The van der Waals surface area contributed by atoms with Gasteiger partial charge < -0.3 is 14.2 Å². The number of carbonyl (C=O) groups is 1. The van der Waals surface area contributed by atoms with Crippen molar-refractivity contribution < 1.29 is 19.0 Å². The predicted molar refractivity (Wildman–Crippen MR) is 139 cm³/mol. The molecule has 0 amide bonds. The number of methoxy groups -OCH3 is 2. The second kappa shape index (κ2) is 11.4. The van der Waals surface area contributed by atoms with Crippen LogP contribution in [0.25, 0.3) is 0 Å². The Bertz CT molecular complexity index is 1050. The minimum atomic E-state index is -0.332. The molecule has 0 spiro atoms. The lowest BCUT2D eigenvalue weighted by Crippen LogP contribution is -2.26. The molecule has 3 rings (SSSR count). The van der Waals surface area contributed by atoms with E-state index in [9.17, 15) is 4.79 Å². The summed E-state index contributed by atoms with van der Waals surface area (Å²) in [5.41, 5.74) is 4.54. The molecular weight excluding hydrogens is 492 g/mol. The van der Waals surface area contributed by atoms with Gasteiger partial charge in [-0.2, -0.15) is 0 Å². The highest BCUT2D eigenvalue weighted by Gasteiger charge is 2.33. The highest BCUT2D eigenvalue weighted by atomic mass is 79.9. The summed E-state index contributed by atoms with van der Waals surface area (Å²) in [6.07, 6.45) is 8.85. The number of hydrogen-bond acceptors (Lipinski definition) is 4. The molecule has 0 aromatic heterocycles. The molecule has 0 heterocycles. The number of carbonyl (C=O) groups excluding carboxylic acids is 1. The Morgan fingerprint density at radius 1 is 1.21 bits per heavy atom. The van der Waals surface area contributed by atoms with E-state index >= 15 is 0 Å². The van der Waals surface area contributed by atoms with Crippen LogP contribution in [0.3, 0.4) is 0 Å². The molecule has 5 heteroatoms. The third kappa shape index (κ3) is 6.03. The van der Waals surface area contributed by atoms with Gasteiger partial charge in [-0.05, 0) is 77.1 Å². The summed E-state index contributed by atoms with van der Waals surface area (Å²) in [5, 5.41) is 0. The topological polar surface area (TPSA) is 44.8 Å². The zero-order valence-electron chi connectivity index (χ0n) is 20.8. The summed E-state index contributed by atoms with van der Waals surface area (Å²) in [7, 11) is 3.17. The Kier molecular flexibility index (Phi) is 8.84. The van der Waals surface area contributed by atoms with Crippen molar-refractivity contribution in [3.63, 3.8) is 0 Å². The van der Waals surface area contributed by atoms with E-state index < -0.39 is 0 Å². The van der Waals surface area contributed by atoms with E-state index in [0.717, 1.165) is 46.2 Å². The van der Waals surface area contributed by atoms with Gasteiger partial charge in [0.2, 0.25) is 0 Å². The fraction of sp³-hybridized carbons (Fsp3) is 0.483. The van der Waals surface area contributed by atoms with Crippen LogP contribution >= 0.6 is 15.9 Å². The first kappa shape index (κ1) is 26.3. The smallest absolute Gasteiger partial charge is 0.310 e. The maximum atomic E-state index is 12.5. The van der Waals surface area contributed by atoms with Crippen LogP contribution in [-0.2, 0) is 27.3 Å². The molecule has 2 aromatic carbocycles. The zero-order chi connectivity index (χ0) is 24.9. The van der Waals surface area contributed by atoms with Gasteiger partial charge in [-0.3, -0.25) is 4.79 Å². The summed E-state index contributed by atoms with van der Waals surface area (Å²) < 4.78 is 18.1. The van der Waals surface area contributed by atoms with E-state index in [-0.39, 0.29) is 29.3 Å². The summed E-state index contributed by atoms with van der Waals surface area (Å²) in [4.78, 5) is 12.5. The normalized spacial score (nSPS) is 17.3. The van der Waals surface area contributed by atoms with E-state index in [2.05, 4.69) is 73.0 Å². The van der Waals surface area contributed by atoms with Gasteiger partial charge in [0.15, 0.2) is 0 Å². The largest absolute Gasteiger partial charge is 0.489 e. The second-order valence-electron chi connectivity index (χ2n) is 10.0. The minimum Gasteiger partial charge on any atom is -0.489 e. The summed E-state index contributed by atoms with van der Waals surface area (Å²) in [5.74, 6) is 2.92. The summed E-state index contributed by atoms with van der Waals surface area (Å²) >= 11 is 3.68. The maximum absolute atomic E-state index is 12.5. The first-order chi connectivity index (χ1) is 16.2. The van der Waals surface area contributed by atoms with Crippen molar-refractivity contribution in [3.8, 4) is 18.1 Å². The molecule has 2 aromatic rings. The molecule has 0 radical (unpaired) electrons. The predicted octanol–water partition coefficient (Wildman–Crippen LogP) is 6.99. The second-order valence-corrected chi connectivity index (χ2v) is 10.9. The van der Waals surface area contributed by atoms with Gasteiger partial charge in [-0.25, -0.2) is 0 Å². The minimum absolute atomic E-state index is 0.0428. The van der Waals surface area contributed by atoms with Crippen LogP contribution in [0.2, 0.25) is 0 Å². The van der Waals surface area contributed by atoms with Gasteiger partial charge in [0.1, 0.15) is 12.4 Å². The van der Waals surface area contributed by atoms with Crippen LogP contribution in [0, 0.1) is 23.7 Å². The van der Waals surface area contributed by atoms with Crippen LogP contribution in [0.15, 0.2) is 40.9 Å². The Balaban J connectivity index is 1.83. The van der Waals surface area contributed by atoms with E-state index in [1.165, 1.54) is 12.7 Å². The lowest BCUT2D eigenvalue weighted by Gasteiger charge is -2.31. The third-order valence-corrected chi connectivity index (χ3v) is 7.30. The highest BCUT2D eigenvalue weighted by molar-refractivity contribution is 9.10. The molecule has 1 aliphatic carbocycles. The number of benzene rings is 2. The number of ether oxygens (including phenoxy) is 3. The van der Waals surface area contributed by atoms with Gasteiger partial charge in [-0.1, -0.05) is 48.8 Å². The number of halogens is 1. The molecule has 0 fully saturated rings. The molecule has 0 N–H and O–H groups in total. The highest BCUT2D eigenvalue weighted by Crippen LogP contribution is 2.41. The Labute approximate surface area is 212 Å². The van der Waals surface area contributed by atoms with E-state index in [1.807, 2.05) is 6.07 Å². The Morgan fingerprint density at radius 3 is 2.62 bits per heavy atom. The molecule has 0 bridgehead atoms. The van der Waals surface area contributed by atoms with Crippen molar-refractivity contribution in [2.45, 2.75) is 65.1 Å². The number of aryl methyl sites for hydroxylation is 1. The van der Waals surface area contributed by atoms with Crippen LogP contribution in [0.4, 0.5) is 0 Å². The van der Waals surface area contributed by atoms with Gasteiger partial charge in [0.05, 0.1) is 19.1 Å². The number of rotatable bonds is 8. The molecule has 3 atom stereocenters. The van der Waals surface area contributed by atoms with E-state index in [1.54, 1.807) is 7.11 Å². The first-order valence-corrected chi connectivity index (χ1v) is 12.6. The number of terminal acetylenes is 1. The van der Waals surface area contributed by atoms with Gasteiger partial charge >= 0.3 is 5.97 Å². The Morgan fingerprint density at radius 2 is 1.97 bits per heavy atom. The van der Waals surface area contributed by atoms with Crippen molar-refractivity contribution in [2.24, 2.45) is 11.3 Å². The van der Waals surface area contributed by atoms with Gasteiger partial charge in [0.25, 0.3) is 0 Å². The first-order valence-electron chi connectivity index (χ1n) is 11.8. The molecule has 34 heavy (non-hydrogen) atoms. The van der Waals surface area contributed by atoms with Crippen molar-refractivity contribution in [1.29, 1.82) is 0 Å². The van der Waals surface area contributed by atoms with Crippen LogP contribution in [0.1, 0.15) is 74.3 Å². The van der Waals surface area contributed by atoms with Crippen molar-refractivity contribution >= 4 is 21.9 Å². The molecular formula is C29H35BrO4. The summed E-state index contributed by atoms with van der Waals surface area (Å²) in [6, 6.07) is 12.5. The van der Waals surface area contributed by atoms with E-state index in [0.29, 0.717) is 13.0 Å². The standard InChI is InChI=1S/C29H35BrO4/c1-7-9-23(28(31)33-6)22-11-8-10-20-13-14-21(17-24(20)22)34-18-19-12-15-26(30)25(16-19)27(32-5)29(2,3)4/h1,12-17,22-23,27H,8-11,18H2,2-6H3/t22?,23?,27-/m0/s1. The van der Waals surface area contributed by atoms with Crippen molar-refractivity contribution in [1.82, 2.24) is 0 Å². The molecule has 0 saturated carbocycles. The third-order valence-electron chi connectivity index (χ3n) is 6.58. The van der Waals surface area contributed by atoms with Gasteiger partial charge in [-0.15, -0.1) is 12.3 Å². The quantitative estimate of drug-likeness (QED) is 0.274. The van der Waals surface area contributed by atoms with Crippen molar-refractivity contribution in [2.75, 3.05) is 14.2 Å². The Hall–Kier alpha value is -2.29. The number of fused-ring (bicyclic) bond motifs is 1. The van der Waals surface area contributed by atoms with Crippen LogP contribution in [0.5, 0.6) is 5.75 Å². The maximum Gasteiger partial charge on any atom is 0.310 e.